The third-order valence-electron chi connectivity index (χ3n) is 4.66. The fourth-order valence-corrected chi connectivity index (χ4v) is 3.09. The molecule has 0 bridgehead atoms. The fourth-order valence-electron chi connectivity index (χ4n) is 3.09. The smallest absolute Gasteiger partial charge is 0.251 e. The van der Waals surface area contributed by atoms with Crippen molar-refractivity contribution in [1.82, 2.24) is 10.6 Å². The molecule has 2 amide bonds. The highest BCUT2D eigenvalue weighted by molar-refractivity contribution is 5.96. The molecule has 0 unspecified atom stereocenters. The summed E-state index contributed by atoms with van der Waals surface area (Å²) in [6.07, 6.45) is 2.84. The molecule has 0 saturated heterocycles. The Balaban J connectivity index is 1.83. The van der Waals surface area contributed by atoms with E-state index in [-0.39, 0.29) is 42.3 Å². The maximum Gasteiger partial charge on any atom is 0.251 e. The summed E-state index contributed by atoms with van der Waals surface area (Å²) < 4.78 is 0. The Bertz CT molecular complexity index is 575. The number of aliphatic hydroxyl groups is 1. The van der Waals surface area contributed by atoms with Crippen LogP contribution >= 0.6 is 0 Å². The zero-order valence-corrected chi connectivity index (χ0v) is 14.8. The molecule has 0 aromatic heterocycles. The highest BCUT2D eigenvalue weighted by Gasteiger charge is 2.27. The van der Waals surface area contributed by atoms with Crippen molar-refractivity contribution in [3.63, 3.8) is 0 Å². The summed E-state index contributed by atoms with van der Waals surface area (Å²) >= 11 is 0. The molecule has 24 heavy (non-hydrogen) atoms. The van der Waals surface area contributed by atoms with Crippen molar-refractivity contribution in [2.75, 3.05) is 13.2 Å². The van der Waals surface area contributed by atoms with Crippen molar-refractivity contribution in [2.24, 2.45) is 5.92 Å². The summed E-state index contributed by atoms with van der Waals surface area (Å²) in [5.74, 6) is -0.328. The van der Waals surface area contributed by atoms with E-state index in [1.165, 1.54) is 0 Å². The average Bonchev–Trinajstić information content (AvgIpc) is 2.99. The fraction of sp³-hybridized carbons (Fsp3) is 0.579. The molecule has 0 spiro atoms. The molecule has 1 fully saturated rings. The summed E-state index contributed by atoms with van der Waals surface area (Å²) in [5, 5.41) is 14.8. The minimum absolute atomic E-state index is 0.0190. The van der Waals surface area contributed by atoms with E-state index < -0.39 is 0 Å². The topological polar surface area (TPSA) is 78.4 Å². The zero-order valence-electron chi connectivity index (χ0n) is 14.8. The Morgan fingerprint density at radius 1 is 1.17 bits per heavy atom. The highest BCUT2D eigenvalue weighted by Crippen LogP contribution is 2.25. The van der Waals surface area contributed by atoms with E-state index in [4.69, 9.17) is 0 Å². The zero-order chi connectivity index (χ0) is 17.7. The lowest BCUT2D eigenvalue weighted by atomic mass is 9.87. The minimum atomic E-state index is -0.254. The Morgan fingerprint density at radius 3 is 2.42 bits per heavy atom. The van der Waals surface area contributed by atoms with Crippen molar-refractivity contribution >= 4 is 11.8 Å². The Kier molecular flexibility index (Phi) is 5.99. The molecule has 1 saturated carbocycles. The summed E-state index contributed by atoms with van der Waals surface area (Å²) in [4.78, 5) is 24.1. The van der Waals surface area contributed by atoms with E-state index in [1.807, 2.05) is 12.1 Å². The second kappa shape index (κ2) is 7.79. The van der Waals surface area contributed by atoms with Gasteiger partial charge in [0.2, 0.25) is 5.91 Å². The lowest BCUT2D eigenvalue weighted by Gasteiger charge is -2.19. The molecular weight excluding hydrogens is 304 g/mol. The van der Waals surface area contributed by atoms with E-state index in [9.17, 15) is 14.7 Å². The number of amides is 2. The summed E-state index contributed by atoms with van der Waals surface area (Å²) in [6, 6.07) is 7.48. The quantitative estimate of drug-likeness (QED) is 0.771. The van der Waals surface area contributed by atoms with Crippen molar-refractivity contribution < 1.29 is 14.7 Å². The molecule has 5 nitrogen and oxygen atoms in total. The molecule has 1 aromatic carbocycles. The molecule has 132 valence electrons. The number of aliphatic hydroxyl groups excluding tert-OH is 1. The van der Waals surface area contributed by atoms with Crippen LogP contribution in [0.25, 0.3) is 0 Å². The lowest BCUT2D eigenvalue weighted by molar-refractivity contribution is -0.121. The van der Waals surface area contributed by atoms with Gasteiger partial charge in [-0.15, -0.1) is 0 Å². The molecular formula is C19H28N2O3. The molecule has 1 aromatic rings. The van der Waals surface area contributed by atoms with Crippen LogP contribution in [0.2, 0.25) is 0 Å². The van der Waals surface area contributed by atoms with Gasteiger partial charge in [0.1, 0.15) is 0 Å². The molecule has 2 atom stereocenters. The second-order valence-electron chi connectivity index (χ2n) is 7.56. The Morgan fingerprint density at radius 2 is 1.83 bits per heavy atom. The minimum Gasteiger partial charge on any atom is -0.396 e. The van der Waals surface area contributed by atoms with Gasteiger partial charge in [-0.3, -0.25) is 9.59 Å². The van der Waals surface area contributed by atoms with E-state index in [0.717, 1.165) is 24.8 Å². The van der Waals surface area contributed by atoms with Gasteiger partial charge in [0.05, 0.1) is 6.54 Å². The number of benzene rings is 1. The standard InChI is InChI=1S/C19H28N2O3/c1-19(2,3)15-9-7-13(8-10-15)18(24)20-11-17(23)21-16-6-4-5-14(16)12-22/h7-10,14,16,22H,4-6,11-12H2,1-3H3,(H,20,24)(H,21,23)/t14-,16-/m1/s1. The third-order valence-corrected chi connectivity index (χ3v) is 4.66. The van der Waals surface area contributed by atoms with Crippen LogP contribution in [-0.2, 0) is 10.2 Å². The summed E-state index contributed by atoms with van der Waals surface area (Å²) in [6.45, 7) is 6.41. The van der Waals surface area contributed by atoms with Gasteiger partial charge in [-0.05, 0) is 36.0 Å². The van der Waals surface area contributed by atoms with Gasteiger partial charge in [-0.25, -0.2) is 0 Å². The first-order chi connectivity index (χ1) is 11.3. The van der Waals surface area contributed by atoms with Crippen LogP contribution in [0.3, 0.4) is 0 Å². The summed E-state index contributed by atoms with van der Waals surface area (Å²) in [7, 11) is 0. The lowest BCUT2D eigenvalue weighted by Crippen LogP contribution is -2.44. The van der Waals surface area contributed by atoms with Crippen molar-refractivity contribution in [2.45, 2.75) is 51.5 Å². The first kappa shape index (κ1) is 18.5. The number of rotatable bonds is 5. The Labute approximate surface area is 143 Å². The van der Waals surface area contributed by atoms with Crippen LogP contribution < -0.4 is 10.6 Å². The molecule has 3 N–H and O–H groups in total. The van der Waals surface area contributed by atoms with Gasteiger partial charge >= 0.3 is 0 Å². The van der Waals surface area contributed by atoms with Gasteiger partial charge in [-0.1, -0.05) is 39.3 Å². The predicted octanol–water partition coefficient (Wildman–Crippen LogP) is 1.99. The predicted molar refractivity (Wildman–Crippen MR) is 93.8 cm³/mol. The molecule has 1 aliphatic carbocycles. The van der Waals surface area contributed by atoms with Crippen LogP contribution in [-0.4, -0.2) is 36.1 Å². The largest absolute Gasteiger partial charge is 0.396 e. The van der Waals surface area contributed by atoms with Crippen LogP contribution in [0.15, 0.2) is 24.3 Å². The first-order valence-electron chi connectivity index (χ1n) is 8.60. The SMILES string of the molecule is CC(C)(C)c1ccc(C(=O)NCC(=O)N[C@@H]2CCC[C@@H]2CO)cc1. The number of hydrogen-bond acceptors (Lipinski definition) is 3. The number of nitrogens with one attached hydrogen (secondary N) is 2. The van der Waals surface area contributed by atoms with E-state index in [1.54, 1.807) is 12.1 Å². The second-order valence-corrected chi connectivity index (χ2v) is 7.56. The van der Waals surface area contributed by atoms with Gasteiger partial charge in [0.15, 0.2) is 0 Å². The van der Waals surface area contributed by atoms with Crippen LogP contribution in [0.5, 0.6) is 0 Å². The molecule has 0 radical (unpaired) electrons. The van der Waals surface area contributed by atoms with Gasteiger partial charge in [0, 0.05) is 24.1 Å². The average molecular weight is 332 g/mol. The van der Waals surface area contributed by atoms with Gasteiger partial charge < -0.3 is 15.7 Å². The number of hydrogen-bond donors (Lipinski definition) is 3. The maximum absolute atomic E-state index is 12.1. The van der Waals surface area contributed by atoms with Crippen LogP contribution in [0.1, 0.15) is 56.0 Å². The monoisotopic (exact) mass is 332 g/mol. The maximum atomic E-state index is 12.1. The first-order valence-corrected chi connectivity index (χ1v) is 8.60. The Hall–Kier alpha value is -1.88. The number of carbonyl (C=O) groups is 2. The van der Waals surface area contributed by atoms with Crippen molar-refractivity contribution in [3.8, 4) is 0 Å². The van der Waals surface area contributed by atoms with Gasteiger partial charge in [0.25, 0.3) is 5.91 Å². The van der Waals surface area contributed by atoms with Crippen molar-refractivity contribution in [1.29, 1.82) is 0 Å². The van der Waals surface area contributed by atoms with Crippen LogP contribution in [0.4, 0.5) is 0 Å². The third kappa shape index (κ3) is 4.81. The van der Waals surface area contributed by atoms with E-state index >= 15 is 0 Å². The summed E-state index contributed by atoms with van der Waals surface area (Å²) in [5.41, 5.74) is 1.75. The van der Waals surface area contributed by atoms with E-state index in [2.05, 4.69) is 31.4 Å². The molecule has 1 aliphatic rings. The molecule has 0 aliphatic heterocycles. The van der Waals surface area contributed by atoms with Crippen molar-refractivity contribution in [3.05, 3.63) is 35.4 Å². The van der Waals surface area contributed by atoms with E-state index in [0.29, 0.717) is 5.56 Å². The molecule has 2 rings (SSSR count). The molecule has 5 heteroatoms. The van der Waals surface area contributed by atoms with Gasteiger partial charge in [-0.2, -0.15) is 0 Å². The normalized spacial score (nSPS) is 20.7. The number of carbonyl (C=O) groups excluding carboxylic acids is 2. The molecule has 0 heterocycles. The van der Waals surface area contributed by atoms with Crippen LogP contribution in [0, 0.1) is 5.92 Å². The highest BCUT2D eigenvalue weighted by atomic mass is 16.3.